The smallest absolute Gasteiger partial charge is 0.272 e. The van der Waals surface area contributed by atoms with E-state index in [2.05, 4.69) is 6.58 Å². The molecule has 0 bridgehead atoms. The minimum absolute atomic E-state index is 0.0656. The van der Waals surface area contributed by atoms with Crippen LogP contribution in [0.1, 0.15) is 5.56 Å². The molecule has 3 amide bonds. The van der Waals surface area contributed by atoms with E-state index in [-0.39, 0.29) is 17.1 Å². The number of hydrogen-bond acceptors (Lipinski definition) is 4. The van der Waals surface area contributed by atoms with Gasteiger partial charge in [-0.25, -0.2) is 4.79 Å². The van der Waals surface area contributed by atoms with Crippen molar-refractivity contribution in [1.82, 2.24) is 5.32 Å². The SMILES string of the molecule is C=C1C(=O)NC(=O)N1c1c(C)cccc1[N+](=O)[O-]. The zero-order chi connectivity index (χ0) is 13.4. The van der Waals surface area contributed by atoms with Crippen LogP contribution in [0.5, 0.6) is 0 Å². The molecule has 1 saturated heterocycles. The number of hydrogen-bond donors (Lipinski definition) is 1. The van der Waals surface area contributed by atoms with Gasteiger partial charge < -0.3 is 0 Å². The zero-order valence-electron chi connectivity index (χ0n) is 9.47. The van der Waals surface area contributed by atoms with Crippen molar-refractivity contribution in [3.05, 3.63) is 46.2 Å². The number of rotatable bonds is 2. The number of carbonyl (C=O) groups excluding carboxylic acids is 2. The second-order valence-corrected chi connectivity index (χ2v) is 3.74. The van der Waals surface area contributed by atoms with E-state index in [1.54, 1.807) is 13.0 Å². The van der Waals surface area contributed by atoms with Crippen LogP contribution < -0.4 is 10.2 Å². The lowest BCUT2D eigenvalue weighted by atomic mass is 10.1. The fourth-order valence-electron chi connectivity index (χ4n) is 1.77. The number of nitrogens with zero attached hydrogens (tertiary/aromatic N) is 2. The lowest BCUT2D eigenvalue weighted by molar-refractivity contribution is -0.384. The number of aryl methyl sites for hydroxylation is 1. The molecule has 92 valence electrons. The maximum atomic E-state index is 11.6. The summed E-state index contributed by atoms with van der Waals surface area (Å²) in [6, 6.07) is 3.66. The highest BCUT2D eigenvalue weighted by atomic mass is 16.6. The van der Waals surface area contributed by atoms with Crippen molar-refractivity contribution < 1.29 is 14.5 Å². The number of benzene rings is 1. The Kier molecular flexibility index (Phi) is 2.59. The Labute approximate surface area is 102 Å². The number of imide groups is 1. The zero-order valence-corrected chi connectivity index (χ0v) is 9.47. The van der Waals surface area contributed by atoms with Gasteiger partial charge in [-0.05, 0) is 12.5 Å². The van der Waals surface area contributed by atoms with E-state index in [1.807, 2.05) is 5.32 Å². The van der Waals surface area contributed by atoms with Gasteiger partial charge in [-0.1, -0.05) is 18.7 Å². The third kappa shape index (κ3) is 1.61. The fourth-order valence-corrected chi connectivity index (χ4v) is 1.77. The van der Waals surface area contributed by atoms with Gasteiger partial charge in [0.15, 0.2) is 0 Å². The van der Waals surface area contributed by atoms with Crippen molar-refractivity contribution in [2.24, 2.45) is 0 Å². The summed E-state index contributed by atoms with van der Waals surface area (Å²) in [5.41, 5.74) is 0.199. The molecule has 1 fully saturated rings. The Hall–Kier alpha value is -2.70. The van der Waals surface area contributed by atoms with Crippen LogP contribution in [0.4, 0.5) is 16.2 Å². The van der Waals surface area contributed by atoms with Gasteiger partial charge in [-0.15, -0.1) is 0 Å². The Morgan fingerprint density at radius 3 is 2.56 bits per heavy atom. The van der Waals surface area contributed by atoms with E-state index < -0.39 is 16.9 Å². The van der Waals surface area contributed by atoms with Gasteiger partial charge in [0.1, 0.15) is 11.4 Å². The molecule has 0 aromatic heterocycles. The van der Waals surface area contributed by atoms with Gasteiger partial charge in [0.2, 0.25) is 0 Å². The molecule has 0 atom stereocenters. The second kappa shape index (κ2) is 3.95. The van der Waals surface area contributed by atoms with Crippen molar-refractivity contribution in [3.63, 3.8) is 0 Å². The summed E-state index contributed by atoms with van der Waals surface area (Å²) in [6.45, 7) is 5.07. The monoisotopic (exact) mass is 247 g/mol. The van der Waals surface area contributed by atoms with E-state index in [9.17, 15) is 19.7 Å². The number of nitrogens with one attached hydrogen (secondary N) is 1. The normalized spacial score (nSPS) is 14.9. The molecule has 1 aliphatic heterocycles. The molecule has 7 nitrogen and oxygen atoms in total. The first-order chi connectivity index (χ1) is 8.43. The highest BCUT2D eigenvalue weighted by Crippen LogP contribution is 2.35. The molecule has 1 aliphatic rings. The lowest BCUT2D eigenvalue weighted by Crippen LogP contribution is -2.28. The highest BCUT2D eigenvalue weighted by molar-refractivity contribution is 6.22. The highest BCUT2D eigenvalue weighted by Gasteiger charge is 2.37. The van der Waals surface area contributed by atoms with Gasteiger partial charge in [-0.3, -0.25) is 25.1 Å². The summed E-state index contributed by atoms with van der Waals surface area (Å²) < 4.78 is 0. The number of para-hydroxylation sites is 1. The van der Waals surface area contributed by atoms with Crippen LogP contribution >= 0.6 is 0 Å². The summed E-state index contributed by atoms with van der Waals surface area (Å²) in [6.07, 6.45) is 0. The molecule has 1 N–H and O–H groups in total. The van der Waals surface area contributed by atoms with Crippen LogP contribution in [0.15, 0.2) is 30.5 Å². The Morgan fingerprint density at radius 1 is 1.39 bits per heavy atom. The molecule has 0 unspecified atom stereocenters. The summed E-state index contributed by atoms with van der Waals surface area (Å²) >= 11 is 0. The van der Waals surface area contributed by atoms with Crippen molar-refractivity contribution in [3.8, 4) is 0 Å². The summed E-state index contributed by atoms with van der Waals surface area (Å²) in [7, 11) is 0. The average molecular weight is 247 g/mol. The molecule has 0 spiro atoms. The molecule has 18 heavy (non-hydrogen) atoms. The standard InChI is InChI=1S/C11H9N3O4/c1-6-4-3-5-8(14(17)18)9(6)13-7(2)10(15)12-11(13)16/h3-5H,2H2,1H3,(H,12,15,16). The first kappa shape index (κ1) is 11.8. The summed E-state index contributed by atoms with van der Waals surface area (Å²) in [5.74, 6) is -0.655. The topological polar surface area (TPSA) is 92.6 Å². The number of amides is 3. The van der Waals surface area contributed by atoms with Crippen LogP contribution in [0.25, 0.3) is 0 Å². The summed E-state index contributed by atoms with van der Waals surface area (Å²) in [4.78, 5) is 34.2. The van der Waals surface area contributed by atoms with E-state index in [1.165, 1.54) is 12.1 Å². The van der Waals surface area contributed by atoms with Crippen LogP contribution in [0.2, 0.25) is 0 Å². The Bertz CT molecular complexity index is 594. The maximum absolute atomic E-state index is 11.6. The van der Waals surface area contributed by atoms with Crippen LogP contribution in [-0.2, 0) is 4.79 Å². The number of carbonyl (C=O) groups is 2. The number of nitro groups is 1. The van der Waals surface area contributed by atoms with Gasteiger partial charge in [0.05, 0.1) is 4.92 Å². The number of anilines is 1. The third-order valence-corrected chi connectivity index (χ3v) is 2.59. The van der Waals surface area contributed by atoms with E-state index in [0.717, 1.165) is 4.90 Å². The largest absolute Gasteiger partial charge is 0.333 e. The van der Waals surface area contributed by atoms with Crippen molar-refractivity contribution in [2.75, 3.05) is 4.90 Å². The molecule has 1 heterocycles. The van der Waals surface area contributed by atoms with E-state index in [0.29, 0.717) is 5.56 Å². The van der Waals surface area contributed by atoms with E-state index >= 15 is 0 Å². The van der Waals surface area contributed by atoms with Crippen LogP contribution in [-0.4, -0.2) is 16.9 Å². The van der Waals surface area contributed by atoms with Crippen molar-refractivity contribution >= 4 is 23.3 Å². The molecule has 2 rings (SSSR count). The minimum Gasteiger partial charge on any atom is -0.272 e. The Balaban J connectivity index is 2.64. The Morgan fingerprint density at radius 2 is 2.06 bits per heavy atom. The van der Waals surface area contributed by atoms with Crippen LogP contribution in [0, 0.1) is 17.0 Å². The predicted molar refractivity (Wildman–Crippen MR) is 63.0 cm³/mol. The molecule has 0 aliphatic carbocycles. The molecule has 0 radical (unpaired) electrons. The van der Waals surface area contributed by atoms with Gasteiger partial charge >= 0.3 is 6.03 Å². The maximum Gasteiger partial charge on any atom is 0.333 e. The van der Waals surface area contributed by atoms with Gasteiger partial charge in [-0.2, -0.15) is 0 Å². The van der Waals surface area contributed by atoms with Gasteiger partial charge in [0, 0.05) is 6.07 Å². The summed E-state index contributed by atoms with van der Waals surface area (Å²) in [5, 5.41) is 13.0. The number of urea groups is 1. The number of nitro benzene ring substituents is 1. The third-order valence-electron chi connectivity index (χ3n) is 2.59. The molecular weight excluding hydrogens is 238 g/mol. The minimum atomic E-state index is -0.734. The van der Waals surface area contributed by atoms with E-state index in [4.69, 9.17) is 0 Å². The van der Waals surface area contributed by atoms with Gasteiger partial charge in [0.25, 0.3) is 11.6 Å². The molecular formula is C11H9N3O4. The molecule has 1 aromatic carbocycles. The molecule has 0 saturated carbocycles. The molecule has 7 heteroatoms. The molecule has 1 aromatic rings. The fraction of sp³-hybridized carbons (Fsp3) is 0.0909. The predicted octanol–water partition coefficient (Wildman–Crippen LogP) is 1.47. The second-order valence-electron chi connectivity index (χ2n) is 3.74. The van der Waals surface area contributed by atoms with Crippen molar-refractivity contribution in [2.45, 2.75) is 6.92 Å². The first-order valence-corrected chi connectivity index (χ1v) is 5.02. The lowest BCUT2D eigenvalue weighted by Gasteiger charge is -2.16. The van der Waals surface area contributed by atoms with Crippen LogP contribution in [0.3, 0.4) is 0 Å². The first-order valence-electron chi connectivity index (χ1n) is 5.02. The quantitative estimate of drug-likeness (QED) is 0.370. The average Bonchev–Trinajstić information content (AvgIpc) is 2.54. The van der Waals surface area contributed by atoms with Crippen molar-refractivity contribution in [1.29, 1.82) is 0 Å².